The molecule has 1 aliphatic heterocycles. The fraction of sp³-hybridized carbons (Fsp3) is 0.214. The van der Waals surface area contributed by atoms with Gasteiger partial charge in [-0.2, -0.15) is 5.26 Å². The molecule has 1 aromatic carbocycles. The van der Waals surface area contributed by atoms with Crippen molar-refractivity contribution in [3.8, 4) is 11.8 Å². The van der Waals surface area contributed by atoms with Crippen molar-refractivity contribution in [2.45, 2.75) is 12.8 Å². The van der Waals surface area contributed by atoms with Crippen molar-refractivity contribution >= 4 is 16.9 Å². The first-order valence-electron chi connectivity index (χ1n) is 5.85. The van der Waals surface area contributed by atoms with Crippen LogP contribution in [0.1, 0.15) is 18.4 Å². The molecular weight excluding hydrogens is 244 g/mol. The van der Waals surface area contributed by atoms with E-state index in [1.807, 2.05) is 6.07 Å². The largest absolute Gasteiger partial charge is 0.441 e. The molecule has 5 nitrogen and oxygen atoms in total. The summed E-state index contributed by atoms with van der Waals surface area (Å²) in [6.45, 7) is 1.73. The van der Waals surface area contributed by atoms with Crippen LogP contribution in [0.25, 0.3) is 11.0 Å². The Kier molecular flexibility index (Phi) is 2.39. The molecule has 0 radical (unpaired) electrons. The van der Waals surface area contributed by atoms with E-state index in [0.29, 0.717) is 22.3 Å². The Morgan fingerprint density at radius 2 is 2.11 bits per heavy atom. The van der Waals surface area contributed by atoms with Gasteiger partial charge >= 0.3 is 5.63 Å². The van der Waals surface area contributed by atoms with Crippen LogP contribution >= 0.6 is 0 Å². The maximum Gasteiger partial charge on any atom is 0.343 e. The van der Waals surface area contributed by atoms with Gasteiger partial charge in [-0.15, -0.1) is 0 Å². The highest BCUT2D eigenvalue weighted by Gasteiger charge is 2.36. The minimum Gasteiger partial charge on any atom is -0.441 e. The standard InChI is InChI=1S/C14H10N2O3/c1-7-9(6-15)13(16)19-12-8-4-2-3-5-10(8)18-14(17)11(7)12/h2-5,7,9,16H,1H3. The predicted molar refractivity (Wildman–Crippen MR) is 68.4 cm³/mol. The van der Waals surface area contributed by atoms with Gasteiger partial charge in [0.05, 0.1) is 17.0 Å². The van der Waals surface area contributed by atoms with Crippen LogP contribution < -0.4 is 10.4 Å². The Balaban J connectivity index is 2.38. The molecule has 2 unspecified atom stereocenters. The van der Waals surface area contributed by atoms with Crippen molar-refractivity contribution < 1.29 is 9.15 Å². The van der Waals surface area contributed by atoms with E-state index in [-0.39, 0.29) is 5.90 Å². The molecule has 1 aliphatic rings. The minimum atomic E-state index is -0.753. The number of nitrogens with zero attached hydrogens (tertiary/aromatic N) is 1. The summed E-state index contributed by atoms with van der Waals surface area (Å²) in [5.41, 5.74) is 0.247. The molecule has 0 bridgehead atoms. The third-order valence-corrected chi connectivity index (χ3v) is 3.39. The van der Waals surface area contributed by atoms with Crippen molar-refractivity contribution in [1.29, 1.82) is 10.7 Å². The number of ether oxygens (including phenoxy) is 1. The van der Waals surface area contributed by atoms with Crippen LogP contribution in [0.3, 0.4) is 0 Å². The first-order chi connectivity index (χ1) is 9.13. The van der Waals surface area contributed by atoms with E-state index >= 15 is 0 Å². The molecule has 5 heteroatoms. The summed E-state index contributed by atoms with van der Waals surface area (Å²) >= 11 is 0. The maximum atomic E-state index is 12.0. The van der Waals surface area contributed by atoms with E-state index in [4.69, 9.17) is 19.8 Å². The van der Waals surface area contributed by atoms with Gasteiger partial charge < -0.3 is 9.15 Å². The summed E-state index contributed by atoms with van der Waals surface area (Å²) < 4.78 is 10.6. The van der Waals surface area contributed by atoms with Gasteiger partial charge in [0.15, 0.2) is 5.75 Å². The summed E-state index contributed by atoms with van der Waals surface area (Å²) in [7, 11) is 0. The summed E-state index contributed by atoms with van der Waals surface area (Å²) in [5, 5.41) is 17.5. The SMILES string of the molecule is CC1c2c(c3ccccc3oc2=O)OC(=N)C1C#N. The van der Waals surface area contributed by atoms with Gasteiger partial charge in [-0.05, 0) is 12.1 Å². The van der Waals surface area contributed by atoms with Gasteiger partial charge in [-0.25, -0.2) is 4.79 Å². The molecule has 94 valence electrons. The van der Waals surface area contributed by atoms with Gasteiger partial charge in [0.2, 0.25) is 5.90 Å². The van der Waals surface area contributed by atoms with Crippen LogP contribution in [-0.4, -0.2) is 5.90 Å². The molecule has 19 heavy (non-hydrogen) atoms. The molecule has 2 heterocycles. The van der Waals surface area contributed by atoms with Gasteiger partial charge in [-0.3, -0.25) is 5.41 Å². The van der Waals surface area contributed by atoms with Crippen LogP contribution in [0.2, 0.25) is 0 Å². The minimum absolute atomic E-state index is 0.127. The summed E-state index contributed by atoms with van der Waals surface area (Å²) in [4.78, 5) is 12.0. The first-order valence-corrected chi connectivity index (χ1v) is 5.85. The van der Waals surface area contributed by atoms with E-state index in [2.05, 4.69) is 0 Å². The van der Waals surface area contributed by atoms with Crippen LogP contribution in [0, 0.1) is 22.7 Å². The zero-order chi connectivity index (χ0) is 13.6. The van der Waals surface area contributed by atoms with E-state index in [0.717, 1.165) is 0 Å². The molecule has 0 saturated heterocycles. The van der Waals surface area contributed by atoms with E-state index in [1.165, 1.54) is 0 Å². The lowest BCUT2D eigenvalue weighted by Gasteiger charge is -2.26. The quantitative estimate of drug-likeness (QED) is 0.731. The van der Waals surface area contributed by atoms with Crippen LogP contribution in [0.4, 0.5) is 0 Å². The maximum absolute atomic E-state index is 12.0. The van der Waals surface area contributed by atoms with Gasteiger partial charge in [-0.1, -0.05) is 19.1 Å². The molecule has 3 rings (SSSR count). The third-order valence-electron chi connectivity index (χ3n) is 3.39. The van der Waals surface area contributed by atoms with Gasteiger partial charge in [0.25, 0.3) is 0 Å². The normalized spacial score (nSPS) is 21.6. The van der Waals surface area contributed by atoms with Crippen molar-refractivity contribution in [2.75, 3.05) is 0 Å². The summed E-state index contributed by atoms with van der Waals surface area (Å²) in [6.07, 6.45) is 0. The van der Waals surface area contributed by atoms with Crippen molar-refractivity contribution in [1.82, 2.24) is 0 Å². The average Bonchev–Trinajstić information content (AvgIpc) is 2.38. The Morgan fingerprint density at radius 1 is 1.37 bits per heavy atom. The lowest BCUT2D eigenvalue weighted by atomic mass is 9.86. The van der Waals surface area contributed by atoms with Crippen molar-refractivity contribution in [2.24, 2.45) is 5.92 Å². The van der Waals surface area contributed by atoms with E-state index in [1.54, 1.807) is 31.2 Å². The Morgan fingerprint density at radius 3 is 2.84 bits per heavy atom. The number of benzene rings is 1. The summed E-state index contributed by atoms with van der Waals surface area (Å²) in [5.74, 6) is -0.951. The van der Waals surface area contributed by atoms with Gasteiger partial charge in [0, 0.05) is 5.92 Å². The number of fused-ring (bicyclic) bond motifs is 3. The molecule has 2 atom stereocenters. The highest BCUT2D eigenvalue weighted by Crippen LogP contribution is 2.39. The molecule has 0 aliphatic carbocycles. The molecule has 0 saturated carbocycles. The lowest BCUT2D eigenvalue weighted by molar-refractivity contribution is 0.422. The van der Waals surface area contributed by atoms with E-state index in [9.17, 15) is 4.79 Å². The average molecular weight is 254 g/mol. The second-order valence-electron chi connectivity index (χ2n) is 4.49. The fourth-order valence-corrected chi connectivity index (χ4v) is 2.38. The molecule has 1 aromatic heterocycles. The molecule has 1 N–H and O–H groups in total. The second kappa shape index (κ2) is 3.95. The zero-order valence-corrected chi connectivity index (χ0v) is 10.1. The number of para-hydroxylation sites is 1. The highest BCUT2D eigenvalue weighted by molar-refractivity contribution is 5.92. The third kappa shape index (κ3) is 1.54. The molecular formula is C14H10N2O3. The fourth-order valence-electron chi connectivity index (χ4n) is 2.38. The Hall–Kier alpha value is -2.61. The van der Waals surface area contributed by atoms with Crippen molar-refractivity contribution in [3.05, 3.63) is 40.2 Å². The Labute approximate surface area is 108 Å². The van der Waals surface area contributed by atoms with Gasteiger partial charge in [0.1, 0.15) is 11.5 Å². The molecule has 2 aromatic rings. The number of nitriles is 1. The second-order valence-corrected chi connectivity index (χ2v) is 4.49. The van der Waals surface area contributed by atoms with Crippen LogP contribution in [-0.2, 0) is 0 Å². The van der Waals surface area contributed by atoms with E-state index < -0.39 is 17.5 Å². The molecule has 0 amide bonds. The zero-order valence-electron chi connectivity index (χ0n) is 10.1. The topological polar surface area (TPSA) is 87.1 Å². The monoisotopic (exact) mass is 254 g/mol. The lowest BCUT2D eigenvalue weighted by Crippen LogP contribution is -2.32. The number of hydrogen-bond donors (Lipinski definition) is 1. The smallest absolute Gasteiger partial charge is 0.343 e. The number of rotatable bonds is 0. The number of hydrogen-bond acceptors (Lipinski definition) is 5. The van der Waals surface area contributed by atoms with Crippen molar-refractivity contribution in [3.63, 3.8) is 0 Å². The molecule has 0 fully saturated rings. The predicted octanol–water partition coefficient (Wildman–Crippen LogP) is 2.41. The van der Waals surface area contributed by atoms with Crippen LogP contribution in [0.5, 0.6) is 5.75 Å². The summed E-state index contributed by atoms with van der Waals surface area (Å²) in [6, 6.07) is 8.99. The first kappa shape index (κ1) is 11.5. The Bertz CT molecular complexity index is 785. The number of nitrogens with one attached hydrogen (secondary N) is 1. The highest BCUT2D eigenvalue weighted by atomic mass is 16.5. The molecule has 0 spiro atoms. The van der Waals surface area contributed by atoms with Crippen LogP contribution in [0.15, 0.2) is 33.5 Å².